The van der Waals surface area contributed by atoms with Crippen LogP contribution in [0, 0.1) is 0 Å². The summed E-state index contributed by atoms with van der Waals surface area (Å²) in [6.07, 6.45) is 4.71. The Morgan fingerprint density at radius 2 is 1.84 bits per heavy atom. The number of fused-ring (bicyclic) bond motifs is 1. The summed E-state index contributed by atoms with van der Waals surface area (Å²) < 4.78 is 34.8. The number of benzene rings is 2. The molecule has 170 valence electrons. The number of ether oxygens (including phenoxy) is 1. The number of para-hydroxylation sites is 1. The molecule has 3 aromatic rings. The molecule has 1 aliphatic heterocycles. The number of amides is 1. The third-order valence-electron chi connectivity index (χ3n) is 6.09. The minimum atomic E-state index is -3.49. The number of hydrogen-bond acceptors (Lipinski definition) is 4. The Balaban J connectivity index is 1.51. The lowest BCUT2D eigenvalue weighted by Gasteiger charge is -2.26. The van der Waals surface area contributed by atoms with Crippen LogP contribution in [0.25, 0.3) is 10.9 Å². The molecule has 0 bridgehead atoms. The van der Waals surface area contributed by atoms with Crippen molar-refractivity contribution >= 4 is 26.8 Å². The summed E-state index contributed by atoms with van der Waals surface area (Å²) in [5.41, 5.74) is 1.73. The van der Waals surface area contributed by atoms with Crippen LogP contribution in [0.15, 0.2) is 59.6 Å². The highest BCUT2D eigenvalue weighted by molar-refractivity contribution is 7.89. The second-order valence-electron chi connectivity index (χ2n) is 8.11. The van der Waals surface area contributed by atoms with Gasteiger partial charge in [-0.2, -0.15) is 4.31 Å². The molecule has 1 fully saturated rings. The number of nitrogens with zero attached hydrogens (tertiary/aromatic N) is 2. The molecule has 2 aromatic carbocycles. The van der Waals surface area contributed by atoms with Gasteiger partial charge in [-0.1, -0.05) is 24.6 Å². The van der Waals surface area contributed by atoms with Gasteiger partial charge in [0.1, 0.15) is 11.8 Å². The van der Waals surface area contributed by atoms with Crippen molar-refractivity contribution in [2.45, 2.75) is 43.7 Å². The van der Waals surface area contributed by atoms with Crippen molar-refractivity contribution in [2.24, 2.45) is 0 Å². The van der Waals surface area contributed by atoms with Gasteiger partial charge in [-0.05, 0) is 50.1 Å². The number of nitrogens with one attached hydrogen (secondary N) is 1. The molecule has 0 radical (unpaired) electrons. The predicted octanol–water partition coefficient (Wildman–Crippen LogP) is 3.70. The van der Waals surface area contributed by atoms with E-state index in [1.54, 1.807) is 29.6 Å². The largest absolute Gasteiger partial charge is 0.496 e. The monoisotopic (exact) mass is 455 g/mol. The lowest BCUT2D eigenvalue weighted by atomic mass is 10.2. The number of carbonyl (C=O) groups is 1. The van der Waals surface area contributed by atoms with Crippen LogP contribution >= 0.6 is 0 Å². The van der Waals surface area contributed by atoms with Crippen molar-refractivity contribution < 1.29 is 17.9 Å². The Morgan fingerprint density at radius 3 is 2.59 bits per heavy atom. The van der Waals surface area contributed by atoms with E-state index in [9.17, 15) is 13.2 Å². The van der Waals surface area contributed by atoms with Crippen LogP contribution in [0.1, 0.15) is 37.8 Å². The number of aromatic nitrogens is 1. The van der Waals surface area contributed by atoms with E-state index in [1.165, 1.54) is 0 Å². The SMILES string of the molecule is COc1ccccc1CNC(=O)[C@@H](C)n1ccc2cc(S(=O)(=O)N3CCCCC3)ccc21. The van der Waals surface area contributed by atoms with Crippen molar-refractivity contribution in [3.05, 3.63) is 60.3 Å². The quantitative estimate of drug-likeness (QED) is 0.589. The van der Waals surface area contributed by atoms with Crippen molar-refractivity contribution in [3.63, 3.8) is 0 Å². The van der Waals surface area contributed by atoms with Crippen molar-refractivity contribution in [1.82, 2.24) is 14.2 Å². The highest BCUT2D eigenvalue weighted by atomic mass is 32.2. The van der Waals surface area contributed by atoms with Crippen molar-refractivity contribution in [3.8, 4) is 5.75 Å². The molecule has 1 amide bonds. The zero-order valence-electron chi connectivity index (χ0n) is 18.5. The first-order valence-electron chi connectivity index (χ1n) is 10.9. The van der Waals surface area contributed by atoms with E-state index >= 15 is 0 Å². The van der Waals surface area contributed by atoms with Crippen LogP contribution in [-0.4, -0.2) is 43.4 Å². The topological polar surface area (TPSA) is 80.6 Å². The molecular weight excluding hydrogens is 426 g/mol. The first-order valence-corrected chi connectivity index (χ1v) is 12.4. The Hall–Kier alpha value is -2.84. The molecule has 32 heavy (non-hydrogen) atoms. The number of methoxy groups -OCH3 is 1. The molecule has 1 aliphatic rings. The van der Waals surface area contributed by atoms with Gasteiger partial charge in [0.2, 0.25) is 15.9 Å². The Bertz CT molecular complexity index is 1210. The minimum absolute atomic E-state index is 0.126. The maximum Gasteiger partial charge on any atom is 0.243 e. The van der Waals surface area contributed by atoms with Gasteiger partial charge in [0.05, 0.1) is 12.0 Å². The standard InChI is InChI=1S/C24H29N3O4S/c1-18(24(28)25-17-20-8-4-5-9-23(20)31-2)27-15-12-19-16-21(10-11-22(19)27)32(29,30)26-13-6-3-7-14-26/h4-5,8-12,15-16,18H,3,6-7,13-14,17H2,1-2H3,(H,25,28)/t18-/m1/s1. The molecule has 7 nitrogen and oxygen atoms in total. The van der Waals surface area contributed by atoms with Gasteiger partial charge in [0.25, 0.3) is 0 Å². The molecule has 0 aliphatic carbocycles. The van der Waals surface area contributed by atoms with Gasteiger partial charge in [-0.3, -0.25) is 4.79 Å². The van der Waals surface area contributed by atoms with Crippen LogP contribution in [-0.2, 0) is 21.4 Å². The number of hydrogen-bond donors (Lipinski definition) is 1. The zero-order valence-corrected chi connectivity index (χ0v) is 19.3. The second kappa shape index (κ2) is 9.34. The maximum absolute atomic E-state index is 13.0. The van der Waals surface area contributed by atoms with E-state index in [2.05, 4.69) is 5.32 Å². The summed E-state index contributed by atoms with van der Waals surface area (Å²) >= 11 is 0. The molecule has 2 heterocycles. The summed E-state index contributed by atoms with van der Waals surface area (Å²) in [5.74, 6) is 0.604. The molecule has 4 rings (SSSR count). The van der Waals surface area contributed by atoms with Gasteiger partial charge in [0.15, 0.2) is 0 Å². The molecule has 8 heteroatoms. The van der Waals surface area contributed by atoms with E-state index < -0.39 is 16.1 Å². The molecule has 0 unspecified atom stereocenters. The minimum Gasteiger partial charge on any atom is -0.496 e. The summed E-state index contributed by atoms with van der Waals surface area (Å²) in [6, 6.07) is 14.1. The average molecular weight is 456 g/mol. The van der Waals surface area contributed by atoms with Crippen LogP contribution in [0.3, 0.4) is 0 Å². The highest BCUT2D eigenvalue weighted by Gasteiger charge is 2.26. The van der Waals surface area contributed by atoms with Crippen LogP contribution in [0.2, 0.25) is 0 Å². The molecule has 1 N–H and O–H groups in total. The lowest BCUT2D eigenvalue weighted by Crippen LogP contribution is -2.35. The summed E-state index contributed by atoms with van der Waals surface area (Å²) in [6.45, 7) is 3.34. The maximum atomic E-state index is 13.0. The summed E-state index contributed by atoms with van der Waals surface area (Å²) in [5, 5.41) is 3.76. The van der Waals surface area contributed by atoms with Crippen molar-refractivity contribution in [2.75, 3.05) is 20.2 Å². The van der Waals surface area contributed by atoms with Crippen molar-refractivity contribution in [1.29, 1.82) is 0 Å². The number of carbonyl (C=O) groups excluding carboxylic acids is 1. The number of rotatable bonds is 7. The second-order valence-corrected chi connectivity index (χ2v) is 10.1. The highest BCUT2D eigenvalue weighted by Crippen LogP contribution is 2.27. The summed E-state index contributed by atoms with van der Waals surface area (Å²) in [4.78, 5) is 13.1. The molecule has 0 saturated carbocycles. The first-order chi connectivity index (χ1) is 15.4. The fourth-order valence-electron chi connectivity index (χ4n) is 4.20. The van der Waals surface area contributed by atoms with Gasteiger partial charge in [-0.15, -0.1) is 0 Å². The molecule has 1 saturated heterocycles. The predicted molar refractivity (Wildman–Crippen MR) is 124 cm³/mol. The van der Waals surface area contributed by atoms with Gasteiger partial charge in [0, 0.05) is 42.3 Å². The van der Waals surface area contributed by atoms with Gasteiger partial charge >= 0.3 is 0 Å². The van der Waals surface area contributed by atoms with Gasteiger partial charge in [-0.25, -0.2) is 8.42 Å². The van der Waals surface area contributed by atoms with E-state index in [1.807, 2.05) is 48.0 Å². The summed E-state index contributed by atoms with van der Waals surface area (Å²) in [7, 11) is -1.89. The molecule has 1 atom stereocenters. The Labute approximate surface area is 189 Å². The zero-order chi connectivity index (χ0) is 22.7. The normalized spacial score (nSPS) is 16.1. The first kappa shape index (κ1) is 22.4. The smallest absolute Gasteiger partial charge is 0.243 e. The van der Waals surface area contributed by atoms with Crippen LogP contribution in [0.5, 0.6) is 5.75 Å². The van der Waals surface area contributed by atoms with Gasteiger partial charge < -0.3 is 14.6 Å². The van der Waals surface area contributed by atoms with E-state index in [0.29, 0.717) is 24.5 Å². The number of piperidine rings is 1. The number of sulfonamides is 1. The fourth-order valence-corrected chi connectivity index (χ4v) is 5.75. The lowest BCUT2D eigenvalue weighted by molar-refractivity contribution is -0.123. The third kappa shape index (κ3) is 4.38. The third-order valence-corrected chi connectivity index (χ3v) is 7.98. The average Bonchev–Trinajstić information content (AvgIpc) is 3.26. The molecular formula is C24H29N3O4S. The molecule has 1 aromatic heterocycles. The van der Waals surface area contributed by atoms with E-state index in [-0.39, 0.29) is 5.91 Å². The molecule has 0 spiro atoms. The van der Waals surface area contributed by atoms with Crippen LogP contribution < -0.4 is 10.1 Å². The van der Waals surface area contributed by atoms with Crippen LogP contribution in [0.4, 0.5) is 0 Å². The van der Waals surface area contributed by atoms with E-state index in [4.69, 9.17) is 4.74 Å². The Kier molecular flexibility index (Phi) is 6.53. The fraction of sp³-hybridized carbons (Fsp3) is 0.375. The Morgan fingerprint density at radius 1 is 1.09 bits per heavy atom. The van der Waals surface area contributed by atoms with E-state index in [0.717, 1.165) is 41.5 Å².